The molecule has 0 aliphatic carbocycles. The van der Waals surface area contributed by atoms with Gasteiger partial charge >= 0.3 is 5.97 Å². The number of hydrogen-bond donors (Lipinski definition) is 1. The first kappa shape index (κ1) is 13.7. The van der Waals surface area contributed by atoms with Crippen LogP contribution in [0.4, 0.5) is 0 Å². The van der Waals surface area contributed by atoms with Crippen LogP contribution in [0.1, 0.15) is 38.5 Å². The molecule has 17 heavy (non-hydrogen) atoms. The van der Waals surface area contributed by atoms with Crippen molar-refractivity contribution < 1.29 is 19.4 Å². The van der Waals surface area contributed by atoms with E-state index in [1.807, 2.05) is 0 Å². The van der Waals surface area contributed by atoms with Crippen LogP contribution >= 0.6 is 0 Å². The molecule has 1 heterocycles. The number of carboxylic acid groups (broad SMARTS) is 1. The van der Waals surface area contributed by atoms with Gasteiger partial charge in [0.05, 0.1) is 12.2 Å². The fraction of sp³-hybridized carbons (Fsp3) is 0.750. The summed E-state index contributed by atoms with van der Waals surface area (Å²) in [5.41, 5.74) is 0. The number of carbonyl (C=O) groups excluding carboxylic acids is 1. The minimum absolute atomic E-state index is 0.0733. The monoisotopic (exact) mass is 239 g/mol. The zero-order valence-electron chi connectivity index (χ0n) is 9.72. The van der Waals surface area contributed by atoms with Gasteiger partial charge < -0.3 is 9.84 Å². The SMILES string of the molecule is N#CCCCCCCC1OCC(=O)C1C(=O)O. The van der Waals surface area contributed by atoms with Crippen molar-refractivity contribution in [3.05, 3.63) is 0 Å². The highest BCUT2D eigenvalue weighted by Gasteiger charge is 2.40. The molecule has 0 amide bonds. The molecule has 5 nitrogen and oxygen atoms in total. The summed E-state index contributed by atoms with van der Waals surface area (Å²) in [5, 5.41) is 17.2. The standard InChI is InChI=1S/C12H17NO4/c13-7-5-3-1-2-4-6-10-11(12(15)16)9(14)8-17-10/h10-11H,1-6,8H2,(H,15,16). The smallest absolute Gasteiger partial charge is 0.316 e. The van der Waals surface area contributed by atoms with Crippen LogP contribution in [-0.4, -0.2) is 29.6 Å². The average molecular weight is 239 g/mol. The molecule has 94 valence electrons. The fourth-order valence-electron chi connectivity index (χ4n) is 2.03. The largest absolute Gasteiger partial charge is 0.481 e. The number of carboxylic acids is 1. The number of nitrogens with zero attached hydrogens (tertiary/aromatic N) is 1. The number of carbonyl (C=O) groups is 2. The number of ether oxygens (including phenoxy) is 1. The predicted octanol–water partition coefficient (Wildman–Crippen LogP) is 1.52. The maximum absolute atomic E-state index is 11.3. The second-order valence-electron chi connectivity index (χ2n) is 4.24. The van der Waals surface area contributed by atoms with Crippen molar-refractivity contribution >= 4 is 11.8 Å². The number of hydrogen-bond acceptors (Lipinski definition) is 4. The van der Waals surface area contributed by atoms with E-state index in [2.05, 4.69) is 6.07 Å². The minimum Gasteiger partial charge on any atom is -0.481 e. The Morgan fingerprint density at radius 1 is 1.41 bits per heavy atom. The van der Waals surface area contributed by atoms with Crippen molar-refractivity contribution in [2.45, 2.75) is 44.6 Å². The third-order valence-electron chi connectivity index (χ3n) is 2.95. The number of Topliss-reactive ketones (excluding diaryl/α,β-unsaturated/α-hetero) is 1. The molecule has 0 aromatic carbocycles. The Morgan fingerprint density at radius 3 is 2.76 bits per heavy atom. The predicted molar refractivity (Wildman–Crippen MR) is 59.2 cm³/mol. The lowest BCUT2D eigenvalue weighted by Crippen LogP contribution is -2.28. The molecule has 0 radical (unpaired) electrons. The van der Waals surface area contributed by atoms with E-state index in [0.717, 1.165) is 25.7 Å². The highest BCUT2D eigenvalue weighted by molar-refractivity contribution is 6.00. The van der Waals surface area contributed by atoms with E-state index in [4.69, 9.17) is 15.1 Å². The van der Waals surface area contributed by atoms with Gasteiger partial charge in [-0.2, -0.15) is 5.26 Å². The third kappa shape index (κ3) is 4.16. The van der Waals surface area contributed by atoms with Crippen molar-refractivity contribution in [3.8, 4) is 6.07 Å². The van der Waals surface area contributed by atoms with E-state index in [1.54, 1.807) is 0 Å². The number of aliphatic carboxylic acids is 1. The van der Waals surface area contributed by atoms with Crippen molar-refractivity contribution in [1.82, 2.24) is 0 Å². The van der Waals surface area contributed by atoms with E-state index in [-0.39, 0.29) is 12.4 Å². The second-order valence-corrected chi connectivity index (χ2v) is 4.24. The molecular weight excluding hydrogens is 222 g/mol. The lowest BCUT2D eigenvalue weighted by atomic mass is 9.96. The Morgan fingerprint density at radius 2 is 2.12 bits per heavy atom. The van der Waals surface area contributed by atoms with Gasteiger partial charge in [-0.3, -0.25) is 9.59 Å². The van der Waals surface area contributed by atoms with Crippen molar-refractivity contribution in [2.75, 3.05) is 6.61 Å². The maximum Gasteiger partial charge on any atom is 0.316 e. The molecular formula is C12H17NO4. The summed E-state index contributed by atoms with van der Waals surface area (Å²) < 4.78 is 5.18. The lowest BCUT2D eigenvalue weighted by Gasteiger charge is -2.13. The van der Waals surface area contributed by atoms with Crippen LogP contribution in [0.15, 0.2) is 0 Å². The van der Waals surface area contributed by atoms with E-state index < -0.39 is 18.0 Å². The highest BCUT2D eigenvalue weighted by atomic mass is 16.5. The van der Waals surface area contributed by atoms with Gasteiger partial charge in [-0.15, -0.1) is 0 Å². The molecule has 1 aliphatic rings. The third-order valence-corrected chi connectivity index (χ3v) is 2.95. The Hall–Kier alpha value is -1.41. The highest BCUT2D eigenvalue weighted by Crippen LogP contribution is 2.23. The van der Waals surface area contributed by atoms with Gasteiger partial charge in [-0.25, -0.2) is 0 Å². The van der Waals surface area contributed by atoms with Gasteiger partial charge in [-0.05, 0) is 12.8 Å². The molecule has 0 spiro atoms. The Bertz CT molecular complexity index is 321. The Balaban J connectivity index is 2.21. The van der Waals surface area contributed by atoms with E-state index in [0.29, 0.717) is 12.8 Å². The van der Waals surface area contributed by atoms with Crippen molar-refractivity contribution in [1.29, 1.82) is 5.26 Å². The first-order valence-corrected chi connectivity index (χ1v) is 5.91. The van der Waals surface area contributed by atoms with Crippen LogP contribution in [0.25, 0.3) is 0 Å². The minimum atomic E-state index is -1.08. The lowest BCUT2D eigenvalue weighted by molar-refractivity contribution is -0.146. The van der Waals surface area contributed by atoms with Crippen LogP contribution in [0.5, 0.6) is 0 Å². The molecule has 2 unspecified atom stereocenters. The molecule has 0 bridgehead atoms. The van der Waals surface area contributed by atoms with Gasteiger partial charge in [-0.1, -0.05) is 19.3 Å². The second kappa shape index (κ2) is 7.02. The van der Waals surface area contributed by atoms with Crippen molar-refractivity contribution in [2.24, 2.45) is 5.92 Å². The first-order valence-electron chi connectivity index (χ1n) is 5.91. The molecule has 1 rings (SSSR count). The van der Waals surface area contributed by atoms with Crippen LogP contribution in [0, 0.1) is 17.2 Å². The molecule has 1 fully saturated rings. The van der Waals surface area contributed by atoms with Gasteiger partial charge in [0.2, 0.25) is 0 Å². The van der Waals surface area contributed by atoms with Gasteiger partial charge in [0.1, 0.15) is 12.5 Å². The van der Waals surface area contributed by atoms with Gasteiger partial charge in [0.25, 0.3) is 0 Å². The molecule has 1 saturated heterocycles. The molecule has 2 atom stereocenters. The first-order chi connectivity index (χ1) is 8.16. The van der Waals surface area contributed by atoms with Crippen LogP contribution in [0.2, 0.25) is 0 Å². The summed E-state index contributed by atoms with van der Waals surface area (Å²) in [5.74, 6) is -2.39. The molecule has 0 aromatic heterocycles. The van der Waals surface area contributed by atoms with E-state index >= 15 is 0 Å². The molecule has 5 heteroatoms. The molecule has 0 saturated carbocycles. The summed E-state index contributed by atoms with van der Waals surface area (Å²) in [4.78, 5) is 22.1. The zero-order chi connectivity index (χ0) is 12.7. The van der Waals surface area contributed by atoms with E-state index in [1.165, 1.54) is 0 Å². The summed E-state index contributed by atoms with van der Waals surface area (Å²) >= 11 is 0. The maximum atomic E-state index is 11.3. The number of rotatable bonds is 7. The number of nitriles is 1. The zero-order valence-corrected chi connectivity index (χ0v) is 9.72. The van der Waals surface area contributed by atoms with Crippen molar-refractivity contribution in [3.63, 3.8) is 0 Å². The fourth-order valence-corrected chi connectivity index (χ4v) is 2.03. The Kier molecular flexibility index (Phi) is 5.64. The quantitative estimate of drug-likeness (QED) is 0.537. The van der Waals surface area contributed by atoms with Crippen LogP contribution in [-0.2, 0) is 14.3 Å². The Labute approximate surface area is 100 Å². The number of ketones is 1. The van der Waals surface area contributed by atoms with Gasteiger partial charge in [0.15, 0.2) is 5.78 Å². The summed E-state index contributed by atoms with van der Waals surface area (Å²) in [6.45, 7) is -0.0733. The summed E-state index contributed by atoms with van der Waals surface area (Å²) in [7, 11) is 0. The number of unbranched alkanes of at least 4 members (excludes halogenated alkanes) is 4. The molecule has 1 N–H and O–H groups in total. The van der Waals surface area contributed by atoms with Crippen LogP contribution in [0.3, 0.4) is 0 Å². The normalized spacial score (nSPS) is 23.6. The summed E-state index contributed by atoms with van der Waals surface area (Å²) in [6, 6.07) is 2.08. The van der Waals surface area contributed by atoms with Crippen LogP contribution < -0.4 is 0 Å². The molecule has 1 aliphatic heterocycles. The summed E-state index contributed by atoms with van der Waals surface area (Å²) in [6.07, 6.45) is 4.34. The van der Waals surface area contributed by atoms with E-state index in [9.17, 15) is 9.59 Å². The molecule has 0 aromatic rings. The average Bonchev–Trinajstić information content (AvgIpc) is 2.65. The topological polar surface area (TPSA) is 87.4 Å². The van der Waals surface area contributed by atoms with Gasteiger partial charge in [0, 0.05) is 6.42 Å².